The first-order valence-corrected chi connectivity index (χ1v) is 11.0. The number of Topliss-reactive ketones (excluding diaryl/α,β-unsaturated/α-hetero) is 1. The fourth-order valence-corrected chi connectivity index (χ4v) is 4.58. The molecular weight excluding hydrogens is 444 g/mol. The van der Waals surface area contributed by atoms with E-state index in [1.165, 1.54) is 23.1 Å². The van der Waals surface area contributed by atoms with Gasteiger partial charge in [0.05, 0.1) is 22.6 Å². The first-order valence-electron chi connectivity index (χ1n) is 11.0. The Balaban J connectivity index is 1.62. The monoisotopic (exact) mass is 466 g/mol. The van der Waals surface area contributed by atoms with Crippen LogP contribution < -0.4 is 9.47 Å². The van der Waals surface area contributed by atoms with Crippen LogP contribution in [0.1, 0.15) is 30.0 Å². The summed E-state index contributed by atoms with van der Waals surface area (Å²) in [7, 11) is 0. The predicted octanol–water partition coefficient (Wildman–Crippen LogP) is 2.97. The molecule has 3 aliphatic heterocycles. The number of aliphatic hydroxyl groups is 1. The minimum Gasteiger partial charge on any atom is -0.507 e. The molecule has 0 spiro atoms. The van der Waals surface area contributed by atoms with E-state index < -0.39 is 22.7 Å². The molecule has 34 heavy (non-hydrogen) atoms. The van der Waals surface area contributed by atoms with Crippen LogP contribution in [0, 0.1) is 10.1 Å². The van der Waals surface area contributed by atoms with Crippen LogP contribution in [0.2, 0.25) is 0 Å². The average molecular weight is 466 g/mol. The number of carbonyl (C=O) groups excluding carboxylic acids is 2. The van der Waals surface area contributed by atoms with Crippen molar-refractivity contribution in [3.8, 4) is 11.5 Å². The van der Waals surface area contributed by atoms with Crippen molar-refractivity contribution in [2.24, 2.45) is 0 Å². The summed E-state index contributed by atoms with van der Waals surface area (Å²) in [6.45, 7) is 1.44. The SMILES string of the molecule is O=C1C(=O)N(C[C@H]2CCCO2)[C@H](c2cccc([N+](=O)[O-])c2)C1=C(O)c1ccc2c(c1)OCCO2. The van der Waals surface area contributed by atoms with Gasteiger partial charge in [0.15, 0.2) is 11.5 Å². The molecule has 0 bridgehead atoms. The van der Waals surface area contributed by atoms with Crippen LogP contribution in [0.3, 0.4) is 0 Å². The van der Waals surface area contributed by atoms with Crippen LogP contribution in [0.4, 0.5) is 5.69 Å². The summed E-state index contributed by atoms with van der Waals surface area (Å²) in [5.41, 5.74) is 0.306. The number of likely N-dealkylation sites (tertiary alicyclic amines) is 1. The van der Waals surface area contributed by atoms with E-state index in [1.807, 2.05) is 0 Å². The largest absolute Gasteiger partial charge is 0.507 e. The molecule has 2 atom stereocenters. The highest BCUT2D eigenvalue weighted by Gasteiger charge is 2.47. The highest BCUT2D eigenvalue weighted by atomic mass is 16.6. The first kappa shape index (κ1) is 21.9. The number of hydrogen-bond donors (Lipinski definition) is 1. The number of carbonyl (C=O) groups is 2. The second kappa shape index (κ2) is 8.79. The van der Waals surface area contributed by atoms with Crippen LogP contribution >= 0.6 is 0 Å². The van der Waals surface area contributed by atoms with E-state index in [1.54, 1.807) is 24.3 Å². The highest BCUT2D eigenvalue weighted by molar-refractivity contribution is 6.46. The summed E-state index contributed by atoms with van der Waals surface area (Å²) >= 11 is 0. The maximum Gasteiger partial charge on any atom is 0.295 e. The number of rotatable bonds is 5. The Labute approximate surface area is 194 Å². The van der Waals surface area contributed by atoms with E-state index in [-0.39, 0.29) is 35.2 Å². The zero-order valence-electron chi connectivity index (χ0n) is 18.1. The third-order valence-corrected chi connectivity index (χ3v) is 6.18. The normalized spacial score (nSPS) is 23.4. The van der Waals surface area contributed by atoms with Crippen molar-refractivity contribution in [2.45, 2.75) is 25.0 Å². The number of amides is 1. The molecule has 0 unspecified atom stereocenters. The van der Waals surface area contributed by atoms with Gasteiger partial charge in [0.2, 0.25) is 0 Å². The summed E-state index contributed by atoms with van der Waals surface area (Å²) in [5, 5.41) is 22.6. The van der Waals surface area contributed by atoms with Gasteiger partial charge in [0, 0.05) is 30.8 Å². The number of fused-ring (bicyclic) bond motifs is 1. The van der Waals surface area contributed by atoms with E-state index in [0.717, 1.165) is 12.8 Å². The van der Waals surface area contributed by atoms with Gasteiger partial charge < -0.3 is 24.2 Å². The molecule has 1 amide bonds. The Bertz CT molecular complexity index is 1200. The molecule has 2 aromatic carbocycles. The predicted molar refractivity (Wildman–Crippen MR) is 119 cm³/mol. The number of benzene rings is 2. The van der Waals surface area contributed by atoms with E-state index >= 15 is 0 Å². The lowest BCUT2D eigenvalue weighted by atomic mass is 9.94. The molecule has 0 aliphatic carbocycles. The molecule has 3 aliphatic rings. The van der Waals surface area contributed by atoms with Crippen molar-refractivity contribution < 1.29 is 33.8 Å². The quantitative estimate of drug-likeness (QED) is 0.234. The Hall–Kier alpha value is -3.92. The number of nitrogens with zero attached hydrogens (tertiary/aromatic N) is 2. The van der Waals surface area contributed by atoms with E-state index in [4.69, 9.17) is 14.2 Å². The molecule has 2 aromatic rings. The van der Waals surface area contributed by atoms with E-state index in [2.05, 4.69) is 0 Å². The third-order valence-electron chi connectivity index (χ3n) is 6.18. The number of ether oxygens (including phenoxy) is 3. The van der Waals surface area contributed by atoms with Crippen molar-refractivity contribution in [3.63, 3.8) is 0 Å². The van der Waals surface area contributed by atoms with Crippen molar-refractivity contribution in [3.05, 3.63) is 69.3 Å². The molecule has 10 heteroatoms. The molecule has 0 saturated carbocycles. The molecular formula is C24H22N2O8. The number of ketones is 1. The number of nitro benzene ring substituents is 1. The van der Waals surface area contributed by atoms with Crippen molar-refractivity contribution >= 4 is 23.1 Å². The van der Waals surface area contributed by atoms with Gasteiger partial charge in [-0.15, -0.1) is 0 Å². The van der Waals surface area contributed by atoms with Crippen molar-refractivity contribution in [1.29, 1.82) is 0 Å². The standard InChI is InChI=1S/C24H22N2O8/c27-22(15-6-7-18-19(12-15)34-10-9-33-18)20-21(14-3-1-4-16(11-14)26(30)31)25(24(29)23(20)28)13-17-5-2-8-32-17/h1,3-4,6-7,11-12,17,21,27H,2,5,8-10,13H2/t17-,21-/m1/s1. The Morgan fingerprint density at radius 3 is 2.62 bits per heavy atom. The summed E-state index contributed by atoms with van der Waals surface area (Å²) < 4.78 is 16.8. The first-order chi connectivity index (χ1) is 16.4. The van der Waals surface area contributed by atoms with Gasteiger partial charge in [-0.2, -0.15) is 0 Å². The number of nitro groups is 1. The van der Waals surface area contributed by atoms with Gasteiger partial charge in [-0.1, -0.05) is 12.1 Å². The molecule has 0 radical (unpaired) electrons. The Kier molecular flexibility index (Phi) is 5.66. The highest BCUT2D eigenvalue weighted by Crippen LogP contribution is 2.42. The molecule has 176 valence electrons. The zero-order valence-corrected chi connectivity index (χ0v) is 18.1. The van der Waals surface area contributed by atoms with Gasteiger partial charge in [-0.25, -0.2) is 0 Å². The maximum absolute atomic E-state index is 13.2. The molecule has 1 N–H and O–H groups in total. The second-order valence-electron chi connectivity index (χ2n) is 8.30. The lowest BCUT2D eigenvalue weighted by molar-refractivity contribution is -0.384. The molecule has 2 saturated heterocycles. The van der Waals surface area contributed by atoms with Crippen molar-refractivity contribution in [1.82, 2.24) is 4.90 Å². The van der Waals surface area contributed by atoms with Crippen molar-refractivity contribution in [2.75, 3.05) is 26.4 Å². The molecule has 0 aromatic heterocycles. The van der Waals surface area contributed by atoms with Crippen LogP contribution in [0.15, 0.2) is 48.0 Å². The number of hydrogen-bond acceptors (Lipinski definition) is 8. The average Bonchev–Trinajstić information content (AvgIpc) is 3.46. The maximum atomic E-state index is 13.2. The topological polar surface area (TPSA) is 128 Å². The van der Waals surface area contributed by atoms with Crippen LogP contribution in [0.25, 0.3) is 5.76 Å². The lowest BCUT2D eigenvalue weighted by Crippen LogP contribution is -2.36. The van der Waals surface area contributed by atoms with Crippen LogP contribution in [0.5, 0.6) is 11.5 Å². The second-order valence-corrected chi connectivity index (χ2v) is 8.30. The smallest absolute Gasteiger partial charge is 0.295 e. The fourth-order valence-electron chi connectivity index (χ4n) is 4.58. The van der Waals surface area contributed by atoms with Crippen LogP contribution in [-0.2, 0) is 14.3 Å². The molecule has 2 fully saturated rings. The Morgan fingerprint density at radius 2 is 1.88 bits per heavy atom. The summed E-state index contributed by atoms with van der Waals surface area (Å²) in [6, 6.07) is 9.47. The minimum atomic E-state index is -1.00. The summed E-state index contributed by atoms with van der Waals surface area (Å²) in [6.07, 6.45) is 1.31. The fraction of sp³-hybridized carbons (Fsp3) is 0.333. The van der Waals surface area contributed by atoms with Crippen LogP contribution in [-0.4, -0.2) is 59.1 Å². The Morgan fingerprint density at radius 1 is 1.09 bits per heavy atom. The number of aliphatic hydroxyl groups excluding tert-OH is 1. The minimum absolute atomic E-state index is 0.135. The van der Waals surface area contributed by atoms with Gasteiger partial charge in [0.25, 0.3) is 17.4 Å². The summed E-state index contributed by atoms with van der Waals surface area (Å²) in [4.78, 5) is 38.4. The summed E-state index contributed by atoms with van der Waals surface area (Å²) in [5.74, 6) is -1.11. The van der Waals surface area contributed by atoms with E-state index in [0.29, 0.717) is 36.9 Å². The zero-order chi connectivity index (χ0) is 23.8. The van der Waals surface area contributed by atoms with Gasteiger partial charge >= 0.3 is 0 Å². The molecule has 10 nitrogen and oxygen atoms in total. The molecule has 5 rings (SSSR count). The van der Waals surface area contributed by atoms with Gasteiger partial charge in [0.1, 0.15) is 19.0 Å². The van der Waals surface area contributed by atoms with Gasteiger partial charge in [-0.05, 0) is 36.6 Å². The lowest BCUT2D eigenvalue weighted by Gasteiger charge is -2.27. The van der Waals surface area contributed by atoms with Gasteiger partial charge in [-0.3, -0.25) is 19.7 Å². The third kappa shape index (κ3) is 3.86. The molecule has 3 heterocycles. The van der Waals surface area contributed by atoms with E-state index in [9.17, 15) is 24.8 Å². The number of non-ortho nitro benzene ring substituents is 1.